The molecule has 21 heavy (non-hydrogen) atoms. The lowest BCUT2D eigenvalue weighted by molar-refractivity contribution is -0.320. The summed E-state index contributed by atoms with van der Waals surface area (Å²) in [5.74, 6) is 0.190. The number of hydrogen-bond acceptors (Lipinski definition) is 4. The van der Waals surface area contributed by atoms with E-state index >= 15 is 0 Å². The quantitative estimate of drug-likeness (QED) is 0.687. The van der Waals surface area contributed by atoms with Crippen LogP contribution in [-0.4, -0.2) is 30.6 Å². The molecule has 0 amide bonds. The van der Waals surface area contributed by atoms with Crippen molar-refractivity contribution in [1.29, 1.82) is 0 Å². The van der Waals surface area contributed by atoms with Crippen LogP contribution >= 0.6 is 0 Å². The van der Waals surface area contributed by atoms with Gasteiger partial charge in [0.15, 0.2) is 5.78 Å². The Morgan fingerprint density at radius 1 is 1.10 bits per heavy atom. The van der Waals surface area contributed by atoms with Crippen molar-refractivity contribution in [3.8, 4) is 0 Å². The number of ketones is 2. The van der Waals surface area contributed by atoms with E-state index in [1.54, 1.807) is 0 Å². The van der Waals surface area contributed by atoms with Gasteiger partial charge in [0, 0.05) is 29.6 Å². The van der Waals surface area contributed by atoms with Crippen molar-refractivity contribution in [3.05, 3.63) is 0 Å². The number of ether oxygens (including phenoxy) is 2. The highest BCUT2D eigenvalue weighted by atomic mass is 16.7. The lowest BCUT2D eigenvalue weighted by Crippen LogP contribution is -2.64. The number of hydrogen-bond donors (Lipinski definition) is 0. The Kier molecular flexibility index (Phi) is 2.76. The molecular weight excluding hydrogens is 268 g/mol. The fraction of sp³-hybridized carbons (Fsp3) is 0.882. The molecule has 4 aliphatic rings. The molecular formula is C17H24O4. The molecule has 116 valence electrons. The van der Waals surface area contributed by atoms with E-state index in [9.17, 15) is 9.59 Å². The van der Waals surface area contributed by atoms with E-state index in [1.807, 2.05) is 6.92 Å². The standard InChI is InChI=1S/C17H24O4/c1-9-4-12-11-5-10(6-13(11)18)14(12)17(15(9)19)20-7-16(2,3)8-21-17/h9-12,14H,4-8H2,1-3H3/t9?,10-,11-,12-,14+/m0/s1. The molecule has 3 saturated carbocycles. The van der Waals surface area contributed by atoms with E-state index in [4.69, 9.17) is 9.47 Å². The van der Waals surface area contributed by atoms with Crippen molar-refractivity contribution < 1.29 is 19.1 Å². The van der Waals surface area contributed by atoms with Crippen LogP contribution in [0.4, 0.5) is 0 Å². The van der Waals surface area contributed by atoms with Gasteiger partial charge < -0.3 is 9.47 Å². The minimum Gasteiger partial charge on any atom is -0.343 e. The molecule has 4 fully saturated rings. The molecule has 4 nitrogen and oxygen atoms in total. The second-order valence-electron chi connectivity index (χ2n) is 8.37. The lowest BCUT2D eigenvalue weighted by atomic mass is 9.63. The van der Waals surface area contributed by atoms with E-state index in [0.717, 1.165) is 12.8 Å². The molecule has 2 bridgehead atoms. The third-order valence-electron chi connectivity index (χ3n) is 6.13. The van der Waals surface area contributed by atoms with Crippen molar-refractivity contribution in [2.24, 2.45) is 35.0 Å². The first kappa shape index (κ1) is 13.9. The summed E-state index contributed by atoms with van der Waals surface area (Å²) >= 11 is 0. The molecule has 4 rings (SSSR count). The Morgan fingerprint density at radius 3 is 2.43 bits per heavy atom. The fourth-order valence-corrected chi connectivity index (χ4v) is 5.19. The summed E-state index contributed by atoms with van der Waals surface area (Å²) in [5.41, 5.74) is -0.0465. The Morgan fingerprint density at radius 2 is 1.76 bits per heavy atom. The average Bonchev–Trinajstić information content (AvgIpc) is 2.95. The maximum Gasteiger partial charge on any atom is 0.232 e. The van der Waals surface area contributed by atoms with Gasteiger partial charge in [0.1, 0.15) is 5.78 Å². The van der Waals surface area contributed by atoms with Gasteiger partial charge >= 0.3 is 0 Å². The highest BCUT2D eigenvalue weighted by Gasteiger charge is 2.67. The Hall–Kier alpha value is -0.740. The number of carbonyl (C=O) groups is 2. The molecule has 1 saturated heterocycles. The van der Waals surface area contributed by atoms with Gasteiger partial charge in [-0.25, -0.2) is 0 Å². The van der Waals surface area contributed by atoms with Crippen LogP contribution < -0.4 is 0 Å². The molecule has 3 aliphatic carbocycles. The summed E-state index contributed by atoms with van der Waals surface area (Å²) in [6.45, 7) is 7.26. The zero-order valence-corrected chi connectivity index (χ0v) is 13.1. The molecule has 1 aliphatic heterocycles. The number of fused-ring (bicyclic) bond motifs is 6. The van der Waals surface area contributed by atoms with Crippen LogP contribution in [0.15, 0.2) is 0 Å². The first-order chi connectivity index (χ1) is 9.84. The first-order valence-corrected chi connectivity index (χ1v) is 8.19. The van der Waals surface area contributed by atoms with Crippen molar-refractivity contribution in [1.82, 2.24) is 0 Å². The SMILES string of the molecule is CC1C[C@@H]2[C@@H]([C@@H]3CC(=O)[C@H]2C3)C2(OCC(C)(C)CO2)C1=O. The average molecular weight is 292 g/mol. The van der Waals surface area contributed by atoms with Crippen LogP contribution in [0.5, 0.6) is 0 Å². The molecule has 0 N–H and O–H groups in total. The van der Waals surface area contributed by atoms with Crippen LogP contribution in [0.25, 0.3) is 0 Å². The number of carbonyl (C=O) groups excluding carboxylic acids is 2. The third-order valence-corrected chi connectivity index (χ3v) is 6.13. The second-order valence-corrected chi connectivity index (χ2v) is 8.37. The maximum absolute atomic E-state index is 12.9. The molecule has 0 aromatic heterocycles. The fourth-order valence-electron chi connectivity index (χ4n) is 5.19. The Labute approximate surface area is 125 Å². The van der Waals surface area contributed by atoms with Gasteiger partial charge in [-0.2, -0.15) is 0 Å². The monoisotopic (exact) mass is 292 g/mol. The van der Waals surface area contributed by atoms with E-state index < -0.39 is 5.79 Å². The third kappa shape index (κ3) is 1.75. The van der Waals surface area contributed by atoms with Gasteiger partial charge in [-0.15, -0.1) is 0 Å². The van der Waals surface area contributed by atoms with Crippen LogP contribution in [-0.2, 0) is 19.1 Å². The van der Waals surface area contributed by atoms with Crippen LogP contribution in [0, 0.1) is 35.0 Å². The van der Waals surface area contributed by atoms with Crippen molar-refractivity contribution in [3.63, 3.8) is 0 Å². The van der Waals surface area contributed by atoms with Gasteiger partial charge in [0.25, 0.3) is 0 Å². The number of Topliss-reactive ketones (excluding diaryl/α,β-unsaturated/α-hetero) is 2. The summed E-state index contributed by atoms with van der Waals surface area (Å²) in [4.78, 5) is 25.0. The molecule has 0 radical (unpaired) electrons. The van der Waals surface area contributed by atoms with Crippen molar-refractivity contribution >= 4 is 11.6 Å². The lowest BCUT2D eigenvalue weighted by Gasteiger charge is -2.53. The molecule has 1 unspecified atom stereocenters. The molecule has 0 aromatic rings. The van der Waals surface area contributed by atoms with Crippen LogP contribution in [0.2, 0.25) is 0 Å². The summed E-state index contributed by atoms with van der Waals surface area (Å²) in [7, 11) is 0. The summed E-state index contributed by atoms with van der Waals surface area (Å²) in [5, 5.41) is 0. The zero-order chi connectivity index (χ0) is 15.0. The smallest absolute Gasteiger partial charge is 0.232 e. The molecule has 5 atom stereocenters. The Balaban J connectivity index is 1.71. The first-order valence-electron chi connectivity index (χ1n) is 8.19. The minimum atomic E-state index is -1.06. The topological polar surface area (TPSA) is 52.6 Å². The minimum absolute atomic E-state index is 0.0465. The zero-order valence-electron chi connectivity index (χ0n) is 13.1. The van der Waals surface area contributed by atoms with E-state index in [0.29, 0.717) is 25.4 Å². The normalized spacial score (nSPS) is 46.9. The Bertz CT molecular complexity index is 499. The van der Waals surface area contributed by atoms with Gasteiger partial charge in [-0.3, -0.25) is 9.59 Å². The largest absolute Gasteiger partial charge is 0.343 e. The van der Waals surface area contributed by atoms with Gasteiger partial charge in [0.05, 0.1) is 13.2 Å². The van der Waals surface area contributed by atoms with Crippen molar-refractivity contribution in [2.75, 3.05) is 13.2 Å². The molecule has 4 heteroatoms. The summed E-state index contributed by atoms with van der Waals surface area (Å²) in [6, 6.07) is 0. The van der Waals surface area contributed by atoms with E-state index in [-0.39, 0.29) is 40.8 Å². The predicted octanol–water partition coefficient (Wildman–Crippen LogP) is 2.21. The van der Waals surface area contributed by atoms with Crippen molar-refractivity contribution in [2.45, 2.75) is 45.8 Å². The second kappa shape index (κ2) is 4.17. The number of rotatable bonds is 0. The van der Waals surface area contributed by atoms with E-state index in [2.05, 4.69) is 13.8 Å². The molecule has 0 aromatic carbocycles. The highest BCUT2D eigenvalue weighted by Crippen LogP contribution is 2.61. The predicted molar refractivity (Wildman–Crippen MR) is 75.4 cm³/mol. The molecule has 1 spiro atoms. The van der Waals surface area contributed by atoms with Crippen LogP contribution in [0.3, 0.4) is 0 Å². The summed E-state index contributed by atoms with van der Waals surface area (Å²) in [6.07, 6.45) is 2.38. The van der Waals surface area contributed by atoms with Gasteiger partial charge in [-0.05, 0) is 24.7 Å². The molecule has 1 heterocycles. The van der Waals surface area contributed by atoms with Crippen LogP contribution in [0.1, 0.15) is 40.0 Å². The van der Waals surface area contributed by atoms with E-state index in [1.165, 1.54) is 0 Å². The maximum atomic E-state index is 12.9. The highest BCUT2D eigenvalue weighted by molar-refractivity contribution is 5.92. The van der Waals surface area contributed by atoms with Gasteiger partial charge in [-0.1, -0.05) is 20.8 Å². The van der Waals surface area contributed by atoms with Gasteiger partial charge in [0.2, 0.25) is 5.79 Å². The summed E-state index contributed by atoms with van der Waals surface area (Å²) < 4.78 is 12.2.